The van der Waals surface area contributed by atoms with Crippen molar-refractivity contribution in [1.82, 2.24) is 14.8 Å². The van der Waals surface area contributed by atoms with Crippen LogP contribution in [0, 0.1) is 0 Å². The van der Waals surface area contributed by atoms with Gasteiger partial charge in [-0.3, -0.25) is 9.59 Å². The number of carbonyl (C=O) groups is 2. The summed E-state index contributed by atoms with van der Waals surface area (Å²) in [6.07, 6.45) is 4.52. The van der Waals surface area contributed by atoms with Crippen molar-refractivity contribution in [2.45, 2.75) is 43.3 Å². The maximum absolute atomic E-state index is 12.8. The first-order valence-corrected chi connectivity index (χ1v) is 12.1. The maximum Gasteiger partial charge on any atom is 0.227 e. The molecular formula is C22H22N4O2S2. The third-order valence-electron chi connectivity index (χ3n) is 5.45. The zero-order valence-corrected chi connectivity index (χ0v) is 18.1. The zero-order valence-electron chi connectivity index (χ0n) is 16.5. The van der Waals surface area contributed by atoms with E-state index in [0.717, 1.165) is 48.9 Å². The van der Waals surface area contributed by atoms with Gasteiger partial charge in [0.05, 0.1) is 5.75 Å². The largest absolute Gasteiger partial charge is 0.312 e. The standard InChI is InChI=1S/C22H22N4O2S2/c27-19(15-4-1-5-17(12-15)25-10-2-7-21(25)28)14-30-22-24-23-20(26(22)16-8-9-16)13-18-6-3-11-29-18/h1,3-6,11-12,16H,2,7-10,13-14H2. The second kappa shape index (κ2) is 8.35. The quantitative estimate of drug-likeness (QED) is 0.386. The minimum absolute atomic E-state index is 0.0404. The van der Waals surface area contributed by atoms with Crippen molar-refractivity contribution in [3.05, 3.63) is 58.0 Å². The van der Waals surface area contributed by atoms with Gasteiger partial charge in [0, 0.05) is 41.6 Å². The number of thiophene rings is 1. The summed E-state index contributed by atoms with van der Waals surface area (Å²) in [5.41, 5.74) is 1.45. The van der Waals surface area contributed by atoms with Gasteiger partial charge in [-0.25, -0.2) is 0 Å². The Hall–Kier alpha value is -2.45. The van der Waals surface area contributed by atoms with E-state index in [9.17, 15) is 9.59 Å². The first-order valence-electron chi connectivity index (χ1n) is 10.2. The van der Waals surface area contributed by atoms with E-state index < -0.39 is 0 Å². The molecule has 0 atom stereocenters. The Balaban J connectivity index is 1.29. The second-order valence-electron chi connectivity index (χ2n) is 7.67. The van der Waals surface area contributed by atoms with Crippen molar-refractivity contribution in [2.75, 3.05) is 17.2 Å². The number of rotatable bonds is 8. The van der Waals surface area contributed by atoms with Crippen LogP contribution in [0.3, 0.4) is 0 Å². The number of Topliss-reactive ketones (excluding diaryl/α,β-unsaturated/α-hetero) is 1. The molecule has 2 fully saturated rings. The Morgan fingerprint density at radius 2 is 2.10 bits per heavy atom. The number of nitrogens with zero attached hydrogens (tertiary/aromatic N) is 4. The minimum Gasteiger partial charge on any atom is -0.312 e. The highest BCUT2D eigenvalue weighted by molar-refractivity contribution is 7.99. The Labute approximate surface area is 183 Å². The highest BCUT2D eigenvalue weighted by atomic mass is 32.2. The van der Waals surface area contributed by atoms with Crippen LogP contribution in [0.5, 0.6) is 0 Å². The molecule has 1 amide bonds. The van der Waals surface area contributed by atoms with Crippen LogP contribution in [0.25, 0.3) is 0 Å². The Kier molecular flexibility index (Phi) is 5.43. The lowest BCUT2D eigenvalue weighted by molar-refractivity contribution is -0.117. The van der Waals surface area contributed by atoms with Crippen molar-refractivity contribution in [3.63, 3.8) is 0 Å². The van der Waals surface area contributed by atoms with Crippen LogP contribution in [-0.2, 0) is 11.2 Å². The van der Waals surface area contributed by atoms with Crippen molar-refractivity contribution in [3.8, 4) is 0 Å². The molecule has 1 aliphatic heterocycles. The van der Waals surface area contributed by atoms with Gasteiger partial charge in [-0.15, -0.1) is 21.5 Å². The summed E-state index contributed by atoms with van der Waals surface area (Å²) < 4.78 is 2.22. The highest BCUT2D eigenvalue weighted by Gasteiger charge is 2.30. The number of anilines is 1. The number of hydrogen-bond acceptors (Lipinski definition) is 6. The van der Waals surface area contributed by atoms with Gasteiger partial charge in [-0.2, -0.15) is 0 Å². The van der Waals surface area contributed by atoms with Crippen LogP contribution >= 0.6 is 23.1 Å². The number of carbonyl (C=O) groups excluding carboxylic acids is 2. The van der Waals surface area contributed by atoms with Crippen molar-refractivity contribution >= 4 is 40.5 Å². The summed E-state index contributed by atoms with van der Waals surface area (Å²) in [5, 5.41) is 11.7. The van der Waals surface area contributed by atoms with Crippen molar-refractivity contribution in [2.24, 2.45) is 0 Å². The molecule has 1 aromatic carbocycles. The third-order valence-corrected chi connectivity index (χ3v) is 7.26. The molecule has 30 heavy (non-hydrogen) atoms. The van der Waals surface area contributed by atoms with Crippen LogP contribution in [-0.4, -0.2) is 38.8 Å². The molecular weight excluding hydrogens is 416 g/mol. The van der Waals surface area contributed by atoms with Crippen molar-refractivity contribution in [1.29, 1.82) is 0 Å². The molecule has 0 spiro atoms. The summed E-state index contributed by atoms with van der Waals surface area (Å²) in [6, 6.07) is 12.0. The Bertz CT molecular complexity index is 1070. The van der Waals surface area contributed by atoms with Crippen LogP contribution in [0.1, 0.15) is 52.8 Å². The Morgan fingerprint density at radius 1 is 1.20 bits per heavy atom. The fourth-order valence-electron chi connectivity index (χ4n) is 3.78. The SMILES string of the molecule is O=C(CSc1nnc(Cc2cccs2)n1C1CC1)c1cccc(N2CCCC2=O)c1. The molecule has 0 unspecified atom stereocenters. The van der Waals surface area contributed by atoms with E-state index in [4.69, 9.17) is 0 Å². The van der Waals surface area contributed by atoms with Crippen LogP contribution < -0.4 is 4.90 Å². The summed E-state index contributed by atoms with van der Waals surface area (Å²) in [6.45, 7) is 0.725. The highest BCUT2D eigenvalue weighted by Crippen LogP contribution is 2.39. The zero-order chi connectivity index (χ0) is 20.5. The smallest absolute Gasteiger partial charge is 0.227 e. The van der Waals surface area contributed by atoms with E-state index in [1.807, 2.05) is 24.3 Å². The number of aromatic nitrogens is 3. The van der Waals surface area contributed by atoms with Gasteiger partial charge in [0.1, 0.15) is 5.82 Å². The van der Waals surface area contributed by atoms with Gasteiger partial charge in [0.25, 0.3) is 0 Å². The van der Waals surface area contributed by atoms with E-state index in [0.29, 0.717) is 23.8 Å². The molecule has 2 aliphatic rings. The molecule has 1 aliphatic carbocycles. The number of hydrogen-bond donors (Lipinski definition) is 0. The molecule has 5 rings (SSSR count). The molecule has 0 N–H and O–H groups in total. The normalized spacial score (nSPS) is 16.4. The van der Waals surface area contributed by atoms with E-state index in [1.54, 1.807) is 16.2 Å². The van der Waals surface area contributed by atoms with Crippen LogP contribution in [0.2, 0.25) is 0 Å². The van der Waals surface area contributed by atoms with E-state index in [2.05, 4.69) is 32.3 Å². The molecule has 3 aromatic rings. The number of amides is 1. The predicted octanol–water partition coefficient (Wildman–Crippen LogP) is 4.37. The molecule has 8 heteroatoms. The number of benzene rings is 1. The first-order chi connectivity index (χ1) is 14.7. The minimum atomic E-state index is 0.0404. The summed E-state index contributed by atoms with van der Waals surface area (Å²) in [4.78, 5) is 27.9. The van der Waals surface area contributed by atoms with Gasteiger partial charge in [0.2, 0.25) is 5.91 Å². The van der Waals surface area contributed by atoms with Crippen LogP contribution in [0.15, 0.2) is 46.9 Å². The molecule has 1 saturated carbocycles. The van der Waals surface area contributed by atoms with Crippen molar-refractivity contribution < 1.29 is 9.59 Å². The lowest BCUT2D eigenvalue weighted by Gasteiger charge is -2.16. The number of ketones is 1. The van der Waals surface area contributed by atoms with E-state index in [1.165, 1.54) is 16.6 Å². The van der Waals surface area contributed by atoms with Gasteiger partial charge in [0.15, 0.2) is 10.9 Å². The fraction of sp³-hybridized carbons (Fsp3) is 0.364. The lowest BCUT2D eigenvalue weighted by atomic mass is 10.1. The average Bonchev–Trinajstić information content (AvgIpc) is 3.13. The second-order valence-corrected chi connectivity index (χ2v) is 9.64. The molecule has 3 heterocycles. The predicted molar refractivity (Wildman–Crippen MR) is 119 cm³/mol. The maximum atomic E-state index is 12.8. The fourth-order valence-corrected chi connectivity index (χ4v) is 5.40. The first kappa shape index (κ1) is 19.5. The van der Waals surface area contributed by atoms with Gasteiger partial charge < -0.3 is 9.47 Å². The van der Waals surface area contributed by atoms with E-state index in [-0.39, 0.29) is 11.7 Å². The van der Waals surface area contributed by atoms with Gasteiger partial charge >= 0.3 is 0 Å². The topological polar surface area (TPSA) is 68.1 Å². The monoisotopic (exact) mass is 438 g/mol. The summed E-state index contributed by atoms with van der Waals surface area (Å²) in [5.74, 6) is 1.45. The Morgan fingerprint density at radius 3 is 2.83 bits per heavy atom. The summed E-state index contributed by atoms with van der Waals surface area (Å²) >= 11 is 3.18. The number of thioether (sulfide) groups is 1. The van der Waals surface area contributed by atoms with Crippen LogP contribution in [0.4, 0.5) is 5.69 Å². The molecule has 1 saturated heterocycles. The van der Waals surface area contributed by atoms with Gasteiger partial charge in [-0.1, -0.05) is 30.0 Å². The average molecular weight is 439 g/mol. The molecule has 0 radical (unpaired) electrons. The molecule has 0 bridgehead atoms. The molecule has 2 aromatic heterocycles. The van der Waals surface area contributed by atoms with Gasteiger partial charge in [-0.05, 0) is 42.8 Å². The summed E-state index contributed by atoms with van der Waals surface area (Å²) in [7, 11) is 0. The van der Waals surface area contributed by atoms with E-state index >= 15 is 0 Å². The molecule has 6 nitrogen and oxygen atoms in total. The molecule has 154 valence electrons. The lowest BCUT2D eigenvalue weighted by Crippen LogP contribution is -2.23. The third kappa shape index (κ3) is 4.06.